The first kappa shape index (κ1) is 21.5. The monoisotopic (exact) mass is 435 g/mol. The molecule has 1 N–H and O–H groups in total. The lowest BCUT2D eigenvalue weighted by molar-refractivity contribution is -0.141. The number of rotatable bonds is 2. The number of anilines is 1. The molecule has 2 aromatic heterocycles. The van der Waals surface area contributed by atoms with E-state index in [4.69, 9.17) is 11.6 Å². The number of halogens is 6. The highest BCUT2D eigenvalue weighted by Gasteiger charge is 2.38. The van der Waals surface area contributed by atoms with Gasteiger partial charge in [0.05, 0.1) is 10.7 Å². The van der Waals surface area contributed by atoms with Gasteiger partial charge in [-0.1, -0.05) is 11.6 Å². The lowest BCUT2D eigenvalue weighted by atomic mass is 10.1. The molecule has 0 amide bonds. The van der Waals surface area contributed by atoms with Crippen molar-refractivity contribution in [1.82, 2.24) is 9.97 Å². The highest BCUT2D eigenvalue weighted by atomic mass is 35.5. The zero-order chi connectivity index (χ0) is 21.6. The van der Waals surface area contributed by atoms with Gasteiger partial charge in [-0.3, -0.25) is 4.79 Å². The molecule has 3 rings (SSSR count). The Morgan fingerprint density at radius 2 is 1.86 bits per heavy atom. The zero-order valence-electron chi connectivity index (χ0n) is 15.8. The van der Waals surface area contributed by atoms with Crippen molar-refractivity contribution >= 4 is 17.4 Å². The van der Waals surface area contributed by atoms with E-state index in [-0.39, 0.29) is 48.4 Å². The lowest BCUT2D eigenvalue weighted by Gasteiger charge is -2.26. The summed E-state index contributed by atoms with van der Waals surface area (Å²) in [6.07, 6.45) is -5.56. The van der Waals surface area contributed by atoms with Gasteiger partial charge in [-0.05, 0) is 26.3 Å². The fourth-order valence-electron chi connectivity index (χ4n) is 3.29. The summed E-state index contributed by atoms with van der Waals surface area (Å²) in [5.41, 5.74) is -0.200. The van der Waals surface area contributed by atoms with Crippen molar-refractivity contribution in [2.75, 3.05) is 18.0 Å². The minimum atomic E-state index is -4.81. The van der Waals surface area contributed by atoms with Gasteiger partial charge < -0.3 is 9.88 Å². The fourth-order valence-corrected chi connectivity index (χ4v) is 3.55. The number of aromatic amines is 1. The number of aryl methyl sites for hydroxylation is 1. The Kier molecular flexibility index (Phi) is 5.64. The molecule has 0 radical (unpaired) electrons. The van der Waals surface area contributed by atoms with Crippen molar-refractivity contribution < 1.29 is 22.0 Å². The van der Waals surface area contributed by atoms with Crippen LogP contribution in [0.25, 0.3) is 11.3 Å². The molecular weight excluding hydrogens is 417 g/mol. The van der Waals surface area contributed by atoms with Crippen LogP contribution in [0, 0.1) is 13.8 Å². The molecule has 29 heavy (non-hydrogen) atoms. The Morgan fingerprint density at radius 3 is 2.48 bits per heavy atom. The third-order valence-electron chi connectivity index (χ3n) is 5.06. The van der Waals surface area contributed by atoms with Crippen LogP contribution in [0.3, 0.4) is 0 Å². The number of alkyl halides is 5. The molecule has 1 fully saturated rings. The largest absolute Gasteiger partial charge is 0.434 e. The van der Waals surface area contributed by atoms with Gasteiger partial charge in [0.15, 0.2) is 11.1 Å². The van der Waals surface area contributed by atoms with Crippen molar-refractivity contribution in [2.45, 2.75) is 45.2 Å². The lowest BCUT2D eigenvalue weighted by Crippen LogP contribution is -2.28. The topological polar surface area (TPSA) is 49.0 Å². The number of aromatic nitrogens is 2. The summed E-state index contributed by atoms with van der Waals surface area (Å²) in [7, 11) is 0. The molecule has 2 aromatic rings. The van der Waals surface area contributed by atoms with E-state index in [2.05, 4.69) is 9.97 Å². The molecule has 4 nitrogen and oxygen atoms in total. The standard InChI is InChI=1S/C19H19ClF5N3O/c1-10-11(2)26-14(9-15(10)29)12-8-13(20)16(19(23,24)25)27-17(12)28-6-3-4-18(21,22)5-7-28/h8-9H,3-7H2,1-2H3,(H,26,29). The van der Waals surface area contributed by atoms with Crippen molar-refractivity contribution in [3.05, 3.63) is 44.3 Å². The number of nitrogens with zero attached hydrogens (tertiary/aromatic N) is 2. The van der Waals surface area contributed by atoms with Crippen molar-refractivity contribution in [2.24, 2.45) is 0 Å². The molecule has 0 unspecified atom stereocenters. The molecule has 10 heteroatoms. The van der Waals surface area contributed by atoms with Crippen molar-refractivity contribution in [3.8, 4) is 11.3 Å². The van der Waals surface area contributed by atoms with Gasteiger partial charge in [-0.15, -0.1) is 0 Å². The van der Waals surface area contributed by atoms with E-state index >= 15 is 0 Å². The molecule has 0 bridgehead atoms. The number of hydrogen-bond acceptors (Lipinski definition) is 3. The first-order valence-corrected chi connectivity index (χ1v) is 9.38. The van der Waals surface area contributed by atoms with Crippen LogP contribution in [-0.4, -0.2) is 29.0 Å². The van der Waals surface area contributed by atoms with E-state index in [0.29, 0.717) is 11.3 Å². The number of nitrogens with one attached hydrogen (secondary N) is 1. The number of H-pyrrole nitrogens is 1. The van der Waals surface area contributed by atoms with E-state index in [9.17, 15) is 26.7 Å². The maximum Gasteiger partial charge on any atom is 0.434 e. The van der Waals surface area contributed by atoms with Crippen LogP contribution in [0.2, 0.25) is 5.02 Å². The number of hydrogen-bond donors (Lipinski definition) is 1. The van der Waals surface area contributed by atoms with Gasteiger partial charge in [0.25, 0.3) is 0 Å². The second kappa shape index (κ2) is 7.59. The highest BCUT2D eigenvalue weighted by Crippen LogP contribution is 2.40. The van der Waals surface area contributed by atoms with Gasteiger partial charge in [0.2, 0.25) is 5.92 Å². The summed E-state index contributed by atoms with van der Waals surface area (Å²) in [6, 6.07) is 2.33. The SMILES string of the molecule is Cc1[nH]c(-c2cc(Cl)c(C(F)(F)F)nc2N2CCCC(F)(F)CC2)cc(=O)c1C. The first-order valence-electron chi connectivity index (χ1n) is 9.00. The second-order valence-electron chi connectivity index (χ2n) is 7.18. The Bertz CT molecular complexity index is 987. The molecule has 0 saturated carbocycles. The predicted octanol–water partition coefficient (Wildman–Crippen LogP) is 5.35. The summed E-state index contributed by atoms with van der Waals surface area (Å²) < 4.78 is 67.6. The minimum Gasteiger partial charge on any atom is -0.358 e. The smallest absolute Gasteiger partial charge is 0.358 e. The fraction of sp³-hybridized carbons (Fsp3) is 0.474. The van der Waals surface area contributed by atoms with E-state index in [1.165, 1.54) is 11.0 Å². The van der Waals surface area contributed by atoms with Crippen LogP contribution in [-0.2, 0) is 6.18 Å². The van der Waals surface area contributed by atoms with Gasteiger partial charge >= 0.3 is 6.18 Å². The Morgan fingerprint density at radius 1 is 1.17 bits per heavy atom. The molecular formula is C19H19ClF5N3O. The van der Waals surface area contributed by atoms with Crippen LogP contribution < -0.4 is 10.3 Å². The van der Waals surface area contributed by atoms with Gasteiger partial charge in [0, 0.05) is 48.8 Å². The van der Waals surface area contributed by atoms with Gasteiger partial charge in [-0.2, -0.15) is 13.2 Å². The summed E-state index contributed by atoms with van der Waals surface area (Å²) in [5.74, 6) is -3.01. The number of pyridine rings is 2. The molecule has 0 atom stereocenters. The van der Waals surface area contributed by atoms with Gasteiger partial charge in [-0.25, -0.2) is 13.8 Å². The van der Waals surface area contributed by atoms with Crippen molar-refractivity contribution in [3.63, 3.8) is 0 Å². The van der Waals surface area contributed by atoms with Crippen molar-refractivity contribution in [1.29, 1.82) is 0 Å². The average Bonchev–Trinajstić information content (AvgIpc) is 2.78. The quantitative estimate of drug-likeness (QED) is 0.647. The van der Waals surface area contributed by atoms with Crippen LogP contribution >= 0.6 is 11.6 Å². The minimum absolute atomic E-state index is 0.0988. The van der Waals surface area contributed by atoms with Gasteiger partial charge in [0.1, 0.15) is 5.82 Å². The van der Waals surface area contributed by atoms with Crippen LogP contribution in [0.5, 0.6) is 0 Å². The molecule has 1 aliphatic heterocycles. The molecule has 158 valence electrons. The molecule has 0 spiro atoms. The third kappa shape index (κ3) is 4.55. The van der Waals surface area contributed by atoms with Crippen LogP contribution in [0.4, 0.5) is 27.8 Å². The summed E-state index contributed by atoms with van der Waals surface area (Å²) >= 11 is 5.85. The Balaban J connectivity index is 2.20. The third-order valence-corrected chi connectivity index (χ3v) is 5.35. The van der Waals surface area contributed by atoms with E-state index < -0.39 is 29.2 Å². The van der Waals surface area contributed by atoms with E-state index in [1.54, 1.807) is 13.8 Å². The van der Waals surface area contributed by atoms with E-state index in [1.807, 2.05) is 0 Å². The summed E-state index contributed by atoms with van der Waals surface area (Å²) in [5, 5.41) is -0.629. The maximum absolute atomic E-state index is 13.8. The molecule has 3 heterocycles. The molecule has 0 aliphatic carbocycles. The predicted molar refractivity (Wildman–Crippen MR) is 101 cm³/mol. The summed E-state index contributed by atoms with van der Waals surface area (Å²) in [4.78, 5) is 20.3. The van der Waals surface area contributed by atoms with Crippen LogP contribution in [0.15, 0.2) is 16.9 Å². The molecule has 1 saturated heterocycles. The first-order chi connectivity index (χ1) is 13.4. The normalized spacial score (nSPS) is 17.3. The Hall–Kier alpha value is -2.16. The molecule has 0 aromatic carbocycles. The highest BCUT2D eigenvalue weighted by molar-refractivity contribution is 6.31. The zero-order valence-corrected chi connectivity index (χ0v) is 16.5. The summed E-state index contributed by atoms with van der Waals surface area (Å²) in [6.45, 7) is 3.23. The average molecular weight is 436 g/mol. The Labute approximate surface area is 168 Å². The van der Waals surface area contributed by atoms with Crippen LogP contribution in [0.1, 0.15) is 36.2 Å². The second-order valence-corrected chi connectivity index (χ2v) is 7.59. The van der Waals surface area contributed by atoms with E-state index in [0.717, 1.165) is 6.07 Å². The molecule has 1 aliphatic rings. The maximum atomic E-state index is 13.8.